The van der Waals surface area contributed by atoms with E-state index in [1.807, 2.05) is 13.8 Å². The number of hydrogen-bond acceptors (Lipinski definition) is 5. The Balaban J connectivity index is 2.18. The SMILES string of the molecule is CC(C)Nc1nc2cc(Cl)c(Cl)cc2n1[C@@H]1OCC(O)[C@@H]1O. The van der Waals surface area contributed by atoms with E-state index in [1.54, 1.807) is 16.7 Å². The van der Waals surface area contributed by atoms with Crippen LogP contribution in [0.25, 0.3) is 11.0 Å². The Bertz CT molecular complexity index is 704. The molecule has 120 valence electrons. The van der Waals surface area contributed by atoms with E-state index in [2.05, 4.69) is 10.3 Å². The molecule has 3 rings (SSSR count). The van der Waals surface area contributed by atoms with E-state index < -0.39 is 18.4 Å². The number of imidazole rings is 1. The number of aliphatic hydroxyl groups is 2. The first-order valence-electron chi connectivity index (χ1n) is 6.99. The average molecular weight is 346 g/mol. The van der Waals surface area contributed by atoms with Crippen molar-refractivity contribution >= 4 is 40.2 Å². The maximum absolute atomic E-state index is 10.2. The zero-order chi connectivity index (χ0) is 16.0. The highest BCUT2D eigenvalue weighted by Crippen LogP contribution is 2.35. The lowest BCUT2D eigenvalue weighted by Gasteiger charge is -2.21. The predicted octanol–water partition coefficient (Wildman–Crippen LogP) is 2.41. The number of aromatic nitrogens is 2. The van der Waals surface area contributed by atoms with Crippen molar-refractivity contribution in [3.63, 3.8) is 0 Å². The van der Waals surface area contributed by atoms with Gasteiger partial charge in [0.15, 0.2) is 6.23 Å². The molecule has 0 radical (unpaired) electrons. The quantitative estimate of drug-likeness (QED) is 0.795. The largest absolute Gasteiger partial charge is 0.388 e. The molecule has 3 atom stereocenters. The summed E-state index contributed by atoms with van der Waals surface area (Å²) in [6, 6.07) is 3.47. The number of benzene rings is 1. The number of halogens is 2. The zero-order valence-corrected chi connectivity index (χ0v) is 13.6. The van der Waals surface area contributed by atoms with Crippen LogP contribution < -0.4 is 5.32 Å². The molecule has 1 saturated heterocycles. The third-order valence-corrected chi connectivity index (χ3v) is 4.25. The Morgan fingerprint density at radius 3 is 2.59 bits per heavy atom. The molecule has 0 bridgehead atoms. The van der Waals surface area contributed by atoms with Crippen LogP contribution in [0.2, 0.25) is 10.0 Å². The monoisotopic (exact) mass is 345 g/mol. The molecule has 3 N–H and O–H groups in total. The van der Waals surface area contributed by atoms with Gasteiger partial charge in [0.05, 0.1) is 27.7 Å². The van der Waals surface area contributed by atoms with Crippen molar-refractivity contribution in [2.24, 2.45) is 0 Å². The molecule has 1 fully saturated rings. The number of aliphatic hydroxyl groups excluding tert-OH is 2. The standard InChI is InChI=1S/C14H17Cl2N3O3/c1-6(2)17-14-18-9-3-7(15)8(16)4-10(9)19(14)13-12(21)11(20)5-22-13/h3-4,6,11-13,20-21H,5H2,1-2H3,(H,17,18)/t11?,12-,13+/m0/s1. The highest BCUT2D eigenvalue weighted by Gasteiger charge is 2.38. The molecule has 0 amide bonds. The molecule has 1 aromatic carbocycles. The summed E-state index contributed by atoms with van der Waals surface area (Å²) in [7, 11) is 0. The van der Waals surface area contributed by atoms with E-state index in [-0.39, 0.29) is 12.6 Å². The van der Waals surface area contributed by atoms with Crippen molar-refractivity contribution in [1.29, 1.82) is 0 Å². The fraction of sp³-hybridized carbons (Fsp3) is 0.500. The summed E-state index contributed by atoms with van der Waals surface area (Å²) < 4.78 is 7.24. The van der Waals surface area contributed by atoms with Crippen molar-refractivity contribution in [3.05, 3.63) is 22.2 Å². The van der Waals surface area contributed by atoms with Crippen LogP contribution in [-0.4, -0.2) is 44.6 Å². The lowest BCUT2D eigenvalue weighted by Crippen LogP contribution is -2.29. The molecule has 1 aliphatic heterocycles. The first-order valence-corrected chi connectivity index (χ1v) is 7.75. The van der Waals surface area contributed by atoms with Crippen molar-refractivity contribution in [3.8, 4) is 0 Å². The Labute approximate surface area is 137 Å². The van der Waals surface area contributed by atoms with Crippen molar-refractivity contribution in [2.45, 2.75) is 38.3 Å². The van der Waals surface area contributed by atoms with Crippen LogP contribution in [0, 0.1) is 0 Å². The molecule has 0 spiro atoms. The van der Waals surface area contributed by atoms with Gasteiger partial charge in [0.25, 0.3) is 0 Å². The summed E-state index contributed by atoms with van der Waals surface area (Å²) in [5.41, 5.74) is 1.31. The van der Waals surface area contributed by atoms with E-state index in [4.69, 9.17) is 27.9 Å². The lowest BCUT2D eigenvalue weighted by atomic mass is 10.2. The van der Waals surface area contributed by atoms with Gasteiger partial charge in [0, 0.05) is 6.04 Å². The van der Waals surface area contributed by atoms with Crippen LogP contribution in [0.1, 0.15) is 20.1 Å². The first kappa shape index (κ1) is 15.8. The summed E-state index contributed by atoms with van der Waals surface area (Å²) >= 11 is 12.1. The average Bonchev–Trinajstić information content (AvgIpc) is 2.92. The predicted molar refractivity (Wildman–Crippen MR) is 85.5 cm³/mol. The number of rotatable bonds is 3. The number of nitrogens with zero attached hydrogens (tertiary/aromatic N) is 2. The minimum Gasteiger partial charge on any atom is -0.388 e. The maximum Gasteiger partial charge on any atom is 0.206 e. The highest BCUT2D eigenvalue weighted by atomic mass is 35.5. The van der Waals surface area contributed by atoms with E-state index in [9.17, 15) is 10.2 Å². The lowest BCUT2D eigenvalue weighted by molar-refractivity contribution is -0.0148. The summed E-state index contributed by atoms with van der Waals surface area (Å²) in [4.78, 5) is 4.49. The second-order valence-electron chi connectivity index (χ2n) is 5.64. The minimum atomic E-state index is -1.04. The molecule has 1 aliphatic rings. The Hall–Kier alpha value is -1.05. The van der Waals surface area contributed by atoms with Gasteiger partial charge in [0.2, 0.25) is 5.95 Å². The molecular weight excluding hydrogens is 329 g/mol. The molecule has 6 nitrogen and oxygen atoms in total. The normalized spacial score (nSPS) is 25.3. The minimum absolute atomic E-state index is 0.0634. The molecule has 8 heteroatoms. The summed E-state index contributed by atoms with van der Waals surface area (Å²) in [6.45, 7) is 4.02. The first-order chi connectivity index (χ1) is 10.4. The van der Waals surface area contributed by atoms with Gasteiger partial charge in [-0.1, -0.05) is 23.2 Å². The summed E-state index contributed by atoms with van der Waals surface area (Å²) in [6.07, 6.45) is -2.71. The van der Waals surface area contributed by atoms with E-state index in [1.165, 1.54) is 0 Å². The van der Waals surface area contributed by atoms with Gasteiger partial charge >= 0.3 is 0 Å². The van der Waals surface area contributed by atoms with Gasteiger partial charge in [-0.3, -0.25) is 4.57 Å². The second kappa shape index (κ2) is 5.86. The Morgan fingerprint density at radius 2 is 2.00 bits per heavy atom. The fourth-order valence-corrected chi connectivity index (χ4v) is 2.84. The smallest absolute Gasteiger partial charge is 0.206 e. The zero-order valence-electron chi connectivity index (χ0n) is 12.1. The van der Waals surface area contributed by atoms with Gasteiger partial charge in [-0.2, -0.15) is 0 Å². The number of hydrogen-bond donors (Lipinski definition) is 3. The number of fused-ring (bicyclic) bond motifs is 1. The number of nitrogens with one attached hydrogen (secondary N) is 1. The molecule has 2 aromatic rings. The molecule has 0 aliphatic carbocycles. The molecule has 22 heavy (non-hydrogen) atoms. The second-order valence-corrected chi connectivity index (χ2v) is 6.46. The van der Waals surface area contributed by atoms with Crippen molar-refractivity contribution in [1.82, 2.24) is 9.55 Å². The molecular formula is C14H17Cl2N3O3. The molecule has 1 aromatic heterocycles. The molecule has 0 saturated carbocycles. The van der Waals surface area contributed by atoms with Gasteiger partial charge in [0.1, 0.15) is 12.2 Å². The van der Waals surface area contributed by atoms with Gasteiger partial charge in [-0.25, -0.2) is 4.98 Å². The number of ether oxygens (including phenoxy) is 1. The van der Waals surface area contributed by atoms with Gasteiger partial charge in [-0.15, -0.1) is 0 Å². The molecule has 1 unspecified atom stereocenters. The van der Waals surface area contributed by atoms with Crippen LogP contribution in [0.4, 0.5) is 5.95 Å². The van der Waals surface area contributed by atoms with E-state index >= 15 is 0 Å². The fourth-order valence-electron chi connectivity index (χ4n) is 2.52. The summed E-state index contributed by atoms with van der Waals surface area (Å²) in [5.74, 6) is 0.529. The topological polar surface area (TPSA) is 79.5 Å². The Morgan fingerprint density at radius 1 is 1.32 bits per heavy atom. The van der Waals surface area contributed by atoms with E-state index in [0.29, 0.717) is 27.0 Å². The third kappa shape index (κ3) is 2.66. The number of anilines is 1. The highest BCUT2D eigenvalue weighted by molar-refractivity contribution is 6.42. The van der Waals surface area contributed by atoms with Crippen LogP contribution in [0.3, 0.4) is 0 Å². The van der Waals surface area contributed by atoms with Crippen LogP contribution in [0.5, 0.6) is 0 Å². The van der Waals surface area contributed by atoms with Crippen molar-refractivity contribution < 1.29 is 14.9 Å². The Kier molecular flexibility index (Phi) is 4.22. The van der Waals surface area contributed by atoms with Crippen LogP contribution in [-0.2, 0) is 4.74 Å². The molecule has 2 heterocycles. The van der Waals surface area contributed by atoms with Crippen LogP contribution in [0.15, 0.2) is 12.1 Å². The third-order valence-electron chi connectivity index (χ3n) is 3.53. The maximum atomic E-state index is 10.2. The van der Waals surface area contributed by atoms with Crippen LogP contribution >= 0.6 is 23.2 Å². The summed E-state index contributed by atoms with van der Waals surface area (Å²) in [5, 5.41) is 23.9. The van der Waals surface area contributed by atoms with Gasteiger partial charge in [-0.05, 0) is 26.0 Å². The van der Waals surface area contributed by atoms with Crippen molar-refractivity contribution in [2.75, 3.05) is 11.9 Å². The van der Waals surface area contributed by atoms with Gasteiger partial charge < -0.3 is 20.3 Å². The van der Waals surface area contributed by atoms with E-state index in [0.717, 1.165) is 0 Å².